The summed E-state index contributed by atoms with van der Waals surface area (Å²) < 4.78 is 36.6. The number of hydrogen-bond donors (Lipinski definition) is 4. The van der Waals surface area contributed by atoms with Crippen molar-refractivity contribution in [2.45, 2.75) is 123 Å². The van der Waals surface area contributed by atoms with Gasteiger partial charge in [0.15, 0.2) is 0 Å². The first-order valence-electron chi connectivity index (χ1n) is 20.7. The summed E-state index contributed by atoms with van der Waals surface area (Å²) in [5.41, 5.74) is 7.05. The first-order valence-corrected chi connectivity index (χ1v) is 22.7. The first kappa shape index (κ1) is 51.3. The van der Waals surface area contributed by atoms with Crippen molar-refractivity contribution in [2.75, 3.05) is 59.6 Å². The van der Waals surface area contributed by atoms with Gasteiger partial charge in [-0.25, -0.2) is 8.42 Å². The minimum absolute atomic E-state index is 0.0154. The molecule has 0 spiro atoms. The Labute approximate surface area is 352 Å². The van der Waals surface area contributed by atoms with Crippen LogP contribution in [-0.2, 0) is 49.8 Å². The van der Waals surface area contributed by atoms with Crippen molar-refractivity contribution in [1.29, 1.82) is 0 Å². The molecule has 1 aliphatic rings. The van der Waals surface area contributed by atoms with Crippen LogP contribution < -0.4 is 21.7 Å². The lowest BCUT2D eigenvalue weighted by Gasteiger charge is -2.41. The molecule has 5 amide bonds. The third kappa shape index (κ3) is 14.7. The number of anilines is 1. The molecule has 17 heteroatoms. The Morgan fingerprint density at radius 1 is 0.898 bits per heavy atom. The van der Waals surface area contributed by atoms with E-state index in [2.05, 4.69) is 16.0 Å². The van der Waals surface area contributed by atoms with Crippen LogP contribution in [0.15, 0.2) is 24.3 Å². The number of likely N-dealkylation sites (tertiary alicyclic amines) is 1. The molecule has 0 bridgehead atoms. The third-order valence-corrected chi connectivity index (χ3v) is 12.4. The van der Waals surface area contributed by atoms with Crippen molar-refractivity contribution in [3.05, 3.63) is 29.8 Å². The molecule has 0 aromatic heterocycles. The molecule has 1 unspecified atom stereocenters. The molecule has 59 heavy (non-hydrogen) atoms. The highest BCUT2D eigenvalue weighted by Crippen LogP contribution is 2.30. The number of nitrogens with zero attached hydrogens (tertiary/aromatic N) is 3. The van der Waals surface area contributed by atoms with Crippen molar-refractivity contribution in [3.63, 3.8) is 0 Å². The molecule has 9 atom stereocenters. The molecule has 1 heterocycles. The van der Waals surface area contributed by atoms with Gasteiger partial charge < -0.3 is 41.0 Å². The van der Waals surface area contributed by atoms with Crippen LogP contribution in [0.2, 0.25) is 0 Å². The predicted molar refractivity (Wildman–Crippen MR) is 230 cm³/mol. The van der Waals surface area contributed by atoms with E-state index in [4.69, 9.17) is 15.2 Å². The number of nitrogens with one attached hydrogen (secondary N) is 3. The number of likely N-dealkylation sites (N-methyl/N-ethyl adjacent to an activating group) is 2. The second-order valence-corrected chi connectivity index (χ2v) is 19.3. The Hall–Kier alpha value is -3.80. The van der Waals surface area contributed by atoms with Gasteiger partial charge in [0.2, 0.25) is 29.5 Å². The fourth-order valence-corrected chi connectivity index (χ4v) is 8.99. The molecule has 1 aromatic carbocycles. The average Bonchev–Trinajstić information content (AvgIpc) is 3.64. The number of sulfone groups is 1. The molecule has 2 rings (SSSR count). The summed E-state index contributed by atoms with van der Waals surface area (Å²) in [5, 5.41) is 8.33. The second-order valence-electron chi connectivity index (χ2n) is 17.1. The SMILES string of the molecule is CC[C@H](C)[C@@H]([C@@H](CC(=O)N1CCC[C@H]1[C@H](OC)[C@@H](C)C(=O)NC(CS(C)(=O)=O)C(=O)NCc1ccc(N)cc1)OC)N(C)C(=O)[C@@H](NC(=O)[C@H](C(C)C)N(C)C)C(C)C. The minimum Gasteiger partial charge on any atom is -0.399 e. The van der Waals surface area contributed by atoms with E-state index in [-0.39, 0.29) is 48.4 Å². The highest BCUT2D eigenvalue weighted by Gasteiger charge is 2.43. The van der Waals surface area contributed by atoms with Crippen LogP contribution >= 0.6 is 0 Å². The number of benzene rings is 1. The molecule has 1 fully saturated rings. The molecular weight excluding hydrogens is 779 g/mol. The highest BCUT2D eigenvalue weighted by molar-refractivity contribution is 7.90. The number of nitrogens with two attached hydrogens (primary N) is 1. The van der Waals surface area contributed by atoms with E-state index in [1.807, 2.05) is 60.5 Å². The van der Waals surface area contributed by atoms with E-state index in [9.17, 15) is 32.4 Å². The Morgan fingerprint density at radius 2 is 1.51 bits per heavy atom. The van der Waals surface area contributed by atoms with E-state index in [1.54, 1.807) is 48.0 Å². The molecule has 1 saturated heterocycles. The van der Waals surface area contributed by atoms with Crippen LogP contribution in [0, 0.1) is 23.7 Å². The van der Waals surface area contributed by atoms with Gasteiger partial charge in [-0.05, 0) is 62.4 Å². The summed E-state index contributed by atoms with van der Waals surface area (Å²) >= 11 is 0. The van der Waals surface area contributed by atoms with Crippen LogP contribution in [0.4, 0.5) is 5.69 Å². The van der Waals surface area contributed by atoms with E-state index < -0.39 is 75.7 Å². The number of rotatable bonds is 23. The molecule has 0 radical (unpaired) electrons. The van der Waals surface area contributed by atoms with Crippen LogP contribution in [0.25, 0.3) is 0 Å². The molecule has 336 valence electrons. The maximum Gasteiger partial charge on any atom is 0.245 e. The van der Waals surface area contributed by atoms with Crippen molar-refractivity contribution < 1.29 is 41.9 Å². The fourth-order valence-electron chi connectivity index (χ4n) is 8.15. The van der Waals surface area contributed by atoms with Crippen LogP contribution in [0.3, 0.4) is 0 Å². The lowest BCUT2D eigenvalue weighted by atomic mass is 9.89. The van der Waals surface area contributed by atoms with Crippen LogP contribution in [0.1, 0.15) is 79.7 Å². The number of nitrogen functional groups attached to an aromatic ring is 1. The molecule has 1 aromatic rings. The van der Waals surface area contributed by atoms with Gasteiger partial charge in [-0.1, -0.05) is 67.0 Å². The zero-order chi connectivity index (χ0) is 44.9. The van der Waals surface area contributed by atoms with Gasteiger partial charge in [0.1, 0.15) is 21.9 Å². The number of amides is 5. The van der Waals surface area contributed by atoms with Crippen molar-refractivity contribution >= 4 is 45.1 Å². The lowest BCUT2D eigenvalue weighted by molar-refractivity contribution is -0.148. The van der Waals surface area contributed by atoms with Gasteiger partial charge in [0.05, 0.1) is 48.4 Å². The van der Waals surface area contributed by atoms with Gasteiger partial charge >= 0.3 is 0 Å². The molecule has 5 N–H and O–H groups in total. The molecule has 0 saturated carbocycles. The van der Waals surface area contributed by atoms with Crippen LogP contribution in [-0.4, -0.2) is 149 Å². The fraction of sp³-hybridized carbons (Fsp3) is 0.738. The van der Waals surface area contributed by atoms with Crippen molar-refractivity contribution in [1.82, 2.24) is 30.7 Å². The molecule has 1 aliphatic heterocycles. The summed E-state index contributed by atoms with van der Waals surface area (Å²) in [6, 6.07) is 3.19. The van der Waals surface area contributed by atoms with E-state index in [0.717, 1.165) is 11.8 Å². The summed E-state index contributed by atoms with van der Waals surface area (Å²) in [4.78, 5) is 74.1. The zero-order valence-electron chi connectivity index (χ0n) is 37.6. The summed E-state index contributed by atoms with van der Waals surface area (Å²) in [5.74, 6) is -3.79. The standard InChI is InChI=1S/C42H73N7O9S/c1-14-27(6)37(48(10)42(54)35(25(2)3)46-41(53)36(26(4)5)47(8)9)33(57-11)22-34(50)49-21-15-16-32(49)38(58-12)28(7)39(51)45-31(24-59(13,55)56)40(52)44-23-29-17-19-30(43)20-18-29/h17-20,25-28,31-33,35-38H,14-16,21-24,43H2,1-13H3,(H,44,52)(H,45,51)(H,46,53)/t27-,28+,31?,32-,33+,35-,36-,37-,38+/m0/s1. The van der Waals surface area contributed by atoms with Gasteiger partial charge in [0.25, 0.3) is 0 Å². The maximum absolute atomic E-state index is 14.3. The molecular formula is C42H73N7O9S. The zero-order valence-corrected chi connectivity index (χ0v) is 38.4. The Morgan fingerprint density at radius 3 is 2.00 bits per heavy atom. The molecule has 0 aliphatic carbocycles. The Bertz CT molecular complexity index is 1650. The molecule has 16 nitrogen and oxygen atoms in total. The van der Waals surface area contributed by atoms with Crippen LogP contribution in [0.5, 0.6) is 0 Å². The number of carbonyl (C=O) groups excluding carboxylic acids is 5. The Balaban J connectivity index is 2.29. The van der Waals surface area contributed by atoms with Crippen molar-refractivity contribution in [3.8, 4) is 0 Å². The smallest absolute Gasteiger partial charge is 0.245 e. The summed E-state index contributed by atoms with van der Waals surface area (Å²) in [6.45, 7) is 13.8. The topological polar surface area (TPSA) is 210 Å². The number of carbonyl (C=O) groups is 5. The van der Waals surface area contributed by atoms with E-state index >= 15 is 0 Å². The lowest BCUT2D eigenvalue weighted by Crippen LogP contribution is -2.59. The number of hydrogen-bond acceptors (Lipinski definition) is 11. The summed E-state index contributed by atoms with van der Waals surface area (Å²) in [6.07, 6.45) is 1.32. The number of ether oxygens (including phenoxy) is 2. The van der Waals surface area contributed by atoms with Gasteiger partial charge in [0, 0.05) is 46.3 Å². The predicted octanol–water partition coefficient (Wildman–Crippen LogP) is 2.06. The third-order valence-electron chi connectivity index (χ3n) is 11.5. The minimum atomic E-state index is -3.69. The Kier molecular flexibility index (Phi) is 20.2. The van der Waals surface area contributed by atoms with E-state index in [0.29, 0.717) is 31.5 Å². The maximum atomic E-state index is 14.3. The largest absolute Gasteiger partial charge is 0.399 e. The van der Waals surface area contributed by atoms with Gasteiger partial charge in [-0.15, -0.1) is 0 Å². The second kappa shape index (κ2) is 23.3. The quantitative estimate of drug-likeness (QED) is 0.117. The van der Waals surface area contributed by atoms with Crippen molar-refractivity contribution in [2.24, 2.45) is 23.7 Å². The summed E-state index contributed by atoms with van der Waals surface area (Å²) in [7, 11) is 4.64. The normalized spacial score (nSPS) is 18.7. The van der Waals surface area contributed by atoms with Gasteiger partial charge in [-0.3, -0.25) is 28.9 Å². The van der Waals surface area contributed by atoms with E-state index in [1.165, 1.54) is 14.2 Å². The average molecular weight is 852 g/mol. The highest BCUT2D eigenvalue weighted by atomic mass is 32.2. The number of methoxy groups -OCH3 is 2. The monoisotopic (exact) mass is 852 g/mol. The van der Waals surface area contributed by atoms with Gasteiger partial charge in [-0.2, -0.15) is 0 Å². The first-order chi connectivity index (χ1) is 27.5.